The number of nitrogens with zero attached hydrogens (tertiary/aromatic N) is 4. The third-order valence-corrected chi connectivity index (χ3v) is 2.73. The van der Waals surface area contributed by atoms with Crippen LogP contribution in [0.2, 0.25) is 0 Å². The smallest absolute Gasteiger partial charge is 0.0953 e. The minimum atomic E-state index is 0.826. The van der Waals surface area contributed by atoms with E-state index in [9.17, 15) is 0 Å². The van der Waals surface area contributed by atoms with Crippen molar-refractivity contribution >= 4 is 0 Å². The van der Waals surface area contributed by atoms with Gasteiger partial charge in [-0.15, -0.1) is 0 Å². The molecule has 0 atom stereocenters. The van der Waals surface area contributed by atoms with E-state index in [1.54, 1.807) is 0 Å². The van der Waals surface area contributed by atoms with Crippen LogP contribution in [0.1, 0.15) is 25.2 Å². The summed E-state index contributed by atoms with van der Waals surface area (Å²) >= 11 is 0. The molecule has 2 heterocycles. The molecule has 0 amide bonds. The Morgan fingerprint density at radius 1 is 1.29 bits per heavy atom. The Morgan fingerprint density at radius 2 is 2.18 bits per heavy atom. The molecule has 1 N–H and O–H groups in total. The zero-order chi connectivity index (χ0) is 12.1. The normalized spacial score (nSPS) is 10.9. The summed E-state index contributed by atoms with van der Waals surface area (Å²) in [4.78, 5) is 8.52. The zero-order valence-corrected chi connectivity index (χ0v) is 10.4. The lowest BCUT2D eigenvalue weighted by atomic mass is 10.4. The second-order valence-corrected chi connectivity index (χ2v) is 3.99. The standard InChI is InChI=1S/C12H19N5/c1-3-13-5-11-7-16(10-15-11)8-12-6-14-9-17(12)4-2/h6-7,9-10,13H,3-5,8H2,1-2H3. The van der Waals surface area contributed by atoms with E-state index in [0.29, 0.717) is 0 Å². The van der Waals surface area contributed by atoms with Gasteiger partial charge in [-0.05, 0) is 13.5 Å². The maximum Gasteiger partial charge on any atom is 0.0953 e. The molecular formula is C12H19N5. The van der Waals surface area contributed by atoms with Crippen molar-refractivity contribution in [3.8, 4) is 0 Å². The molecular weight excluding hydrogens is 214 g/mol. The largest absolute Gasteiger partial charge is 0.333 e. The molecule has 0 aromatic carbocycles. The first-order valence-electron chi connectivity index (χ1n) is 6.03. The van der Waals surface area contributed by atoms with E-state index < -0.39 is 0 Å². The highest BCUT2D eigenvalue weighted by Gasteiger charge is 2.03. The Morgan fingerprint density at radius 3 is 2.94 bits per heavy atom. The minimum Gasteiger partial charge on any atom is -0.333 e. The van der Waals surface area contributed by atoms with E-state index in [4.69, 9.17) is 0 Å². The molecule has 0 aliphatic heterocycles. The predicted octanol–water partition coefficient (Wildman–Crippen LogP) is 1.26. The van der Waals surface area contributed by atoms with Crippen LogP contribution in [0, 0.1) is 0 Å². The maximum atomic E-state index is 4.36. The molecule has 0 spiro atoms. The van der Waals surface area contributed by atoms with Crippen molar-refractivity contribution in [3.05, 3.63) is 36.4 Å². The highest BCUT2D eigenvalue weighted by molar-refractivity contribution is 5.03. The molecule has 0 saturated carbocycles. The van der Waals surface area contributed by atoms with Gasteiger partial charge in [-0.2, -0.15) is 0 Å². The van der Waals surface area contributed by atoms with Crippen LogP contribution in [0.3, 0.4) is 0 Å². The van der Waals surface area contributed by atoms with Crippen LogP contribution in [0.25, 0.3) is 0 Å². The number of aryl methyl sites for hydroxylation is 1. The fourth-order valence-electron chi connectivity index (χ4n) is 1.79. The van der Waals surface area contributed by atoms with Gasteiger partial charge in [-0.1, -0.05) is 6.92 Å². The van der Waals surface area contributed by atoms with Gasteiger partial charge >= 0.3 is 0 Å². The summed E-state index contributed by atoms with van der Waals surface area (Å²) in [6, 6.07) is 0. The molecule has 0 fully saturated rings. The SMILES string of the molecule is CCNCc1cn(Cc2cncn2CC)cn1. The Bertz CT molecular complexity index is 457. The monoisotopic (exact) mass is 233 g/mol. The Balaban J connectivity index is 2.01. The molecule has 0 aliphatic rings. The van der Waals surface area contributed by atoms with Crippen molar-refractivity contribution < 1.29 is 0 Å². The summed E-state index contributed by atoms with van der Waals surface area (Å²) in [5, 5.41) is 3.27. The molecule has 5 nitrogen and oxygen atoms in total. The molecule has 0 bridgehead atoms. The molecule has 0 radical (unpaired) electrons. The number of rotatable bonds is 6. The number of hydrogen-bond acceptors (Lipinski definition) is 3. The first kappa shape index (κ1) is 11.9. The van der Waals surface area contributed by atoms with E-state index in [-0.39, 0.29) is 0 Å². The third-order valence-electron chi connectivity index (χ3n) is 2.73. The lowest BCUT2D eigenvalue weighted by molar-refractivity contribution is 0.667. The molecule has 17 heavy (non-hydrogen) atoms. The number of imidazole rings is 2. The van der Waals surface area contributed by atoms with Crippen molar-refractivity contribution in [2.75, 3.05) is 6.54 Å². The van der Waals surface area contributed by atoms with Crippen molar-refractivity contribution in [2.45, 2.75) is 33.5 Å². The van der Waals surface area contributed by atoms with E-state index in [0.717, 1.165) is 31.9 Å². The summed E-state index contributed by atoms with van der Waals surface area (Å²) in [5.41, 5.74) is 2.29. The first-order valence-corrected chi connectivity index (χ1v) is 6.03. The van der Waals surface area contributed by atoms with Gasteiger partial charge in [0, 0.05) is 25.5 Å². The van der Waals surface area contributed by atoms with Crippen molar-refractivity contribution in [2.24, 2.45) is 0 Å². The van der Waals surface area contributed by atoms with E-state index >= 15 is 0 Å². The van der Waals surface area contributed by atoms with Gasteiger partial charge in [-0.3, -0.25) is 0 Å². The van der Waals surface area contributed by atoms with Crippen molar-refractivity contribution in [1.82, 2.24) is 24.4 Å². The fourth-order valence-corrected chi connectivity index (χ4v) is 1.79. The third kappa shape index (κ3) is 2.94. The van der Waals surface area contributed by atoms with Gasteiger partial charge in [0.15, 0.2) is 0 Å². The molecule has 92 valence electrons. The molecule has 0 saturated heterocycles. The minimum absolute atomic E-state index is 0.826. The molecule has 0 unspecified atom stereocenters. The zero-order valence-electron chi connectivity index (χ0n) is 10.4. The topological polar surface area (TPSA) is 47.7 Å². The van der Waals surface area contributed by atoms with Crippen molar-refractivity contribution in [1.29, 1.82) is 0 Å². The second kappa shape index (κ2) is 5.63. The van der Waals surface area contributed by atoms with Crippen LogP contribution in [0.4, 0.5) is 0 Å². The maximum absolute atomic E-state index is 4.36. The molecule has 2 aromatic heterocycles. The van der Waals surface area contributed by atoms with Crippen LogP contribution in [0.15, 0.2) is 25.0 Å². The summed E-state index contributed by atoms with van der Waals surface area (Å²) in [7, 11) is 0. The second-order valence-electron chi connectivity index (χ2n) is 3.99. The van der Waals surface area contributed by atoms with Crippen LogP contribution in [-0.4, -0.2) is 25.6 Å². The van der Waals surface area contributed by atoms with E-state index in [2.05, 4.69) is 44.5 Å². The van der Waals surface area contributed by atoms with E-state index in [1.165, 1.54) is 5.69 Å². The van der Waals surface area contributed by atoms with Gasteiger partial charge in [0.25, 0.3) is 0 Å². The average molecular weight is 233 g/mol. The Labute approximate surface area is 102 Å². The quantitative estimate of drug-likeness (QED) is 0.817. The van der Waals surface area contributed by atoms with Crippen LogP contribution in [0.5, 0.6) is 0 Å². The van der Waals surface area contributed by atoms with Gasteiger partial charge < -0.3 is 14.5 Å². The molecule has 0 aliphatic carbocycles. The van der Waals surface area contributed by atoms with Crippen LogP contribution < -0.4 is 5.32 Å². The number of nitrogens with one attached hydrogen (secondary N) is 1. The van der Waals surface area contributed by atoms with Gasteiger partial charge in [0.1, 0.15) is 0 Å². The fraction of sp³-hybridized carbons (Fsp3) is 0.500. The van der Waals surface area contributed by atoms with Gasteiger partial charge in [-0.25, -0.2) is 9.97 Å². The average Bonchev–Trinajstić information content (AvgIpc) is 2.96. The summed E-state index contributed by atoms with van der Waals surface area (Å²) in [6.07, 6.45) is 7.73. The Hall–Kier alpha value is -1.62. The molecule has 5 heteroatoms. The van der Waals surface area contributed by atoms with Gasteiger partial charge in [0.05, 0.1) is 30.6 Å². The van der Waals surface area contributed by atoms with Crippen LogP contribution in [-0.2, 0) is 19.6 Å². The first-order chi connectivity index (χ1) is 8.33. The summed E-state index contributed by atoms with van der Waals surface area (Å²) in [6.45, 7) is 7.79. The molecule has 2 rings (SSSR count). The lowest BCUT2D eigenvalue weighted by Gasteiger charge is -2.05. The number of hydrogen-bond donors (Lipinski definition) is 1. The van der Waals surface area contributed by atoms with Crippen LogP contribution >= 0.6 is 0 Å². The lowest BCUT2D eigenvalue weighted by Crippen LogP contribution is -2.11. The summed E-state index contributed by atoms with van der Waals surface area (Å²) < 4.78 is 4.24. The van der Waals surface area contributed by atoms with Crippen molar-refractivity contribution in [3.63, 3.8) is 0 Å². The van der Waals surface area contributed by atoms with E-state index in [1.807, 2.05) is 18.9 Å². The molecule has 2 aromatic rings. The predicted molar refractivity (Wildman–Crippen MR) is 66.6 cm³/mol. The van der Waals surface area contributed by atoms with Gasteiger partial charge in [0.2, 0.25) is 0 Å². The Kier molecular flexibility index (Phi) is 3.93. The number of aromatic nitrogens is 4. The summed E-state index contributed by atoms with van der Waals surface area (Å²) in [5.74, 6) is 0. The highest BCUT2D eigenvalue weighted by Crippen LogP contribution is 2.04. The highest BCUT2D eigenvalue weighted by atomic mass is 15.1.